The van der Waals surface area contributed by atoms with Crippen molar-refractivity contribution in [3.8, 4) is 0 Å². The summed E-state index contributed by atoms with van der Waals surface area (Å²) >= 11 is 0. The van der Waals surface area contributed by atoms with E-state index in [0.717, 1.165) is 0 Å². The molecule has 0 unspecified atom stereocenters. The van der Waals surface area contributed by atoms with E-state index >= 15 is 0 Å². The minimum absolute atomic E-state index is 0.0943. The Bertz CT molecular complexity index is 479. The number of rotatable bonds is 4. The molecule has 88 valence electrons. The molecule has 0 amide bonds. The van der Waals surface area contributed by atoms with Crippen molar-refractivity contribution < 1.29 is 18.3 Å². The van der Waals surface area contributed by atoms with E-state index in [0.29, 0.717) is 0 Å². The number of aromatic nitrogens is 1. The topological polar surface area (TPSA) is 84.3 Å². The smallest absolute Gasteiger partial charge is 0.310 e. The molecule has 0 saturated heterocycles. The molecule has 0 aliphatic carbocycles. The maximum Gasteiger partial charge on any atom is 0.310 e. The monoisotopic (exact) mass is 243 g/mol. The molecular formula is C10H13NO4S. The standard InChI is InChI=1S/C10H13NO4S/c1-10(2,9(12)13)7-16(14,15)8-3-5-11-6-4-8/h3-6H,7H2,1-2H3,(H,12,13). The van der Waals surface area contributed by atoms with Crippen LogP contribution in [0.5, 0.6) is 0 Å². The molecule has 0 aromatic carbocycles. The van der Waals surface area contributed by atoms with Crippen LogP contribution in [0.4, 0.5) is 0 Å². The first-order valence-corrected chi connectivity index (χ1v) is 6.27. The van der Waals surface area contributed by atoms with Crippen LogP contribution in [-0.4, -0.2) is 30.2 Å². The van der Waals surface area contributed by atoms with Crippen LogP contribution in [0.2, 0.25) is 0 Å². The summed E-state index contributed by atoms with van der Waals surface area (Å²) in [6.07, 6.45) is 2.72. The fourth-order valence-electron chi connectivity index (χ4n) is 1.17. The van der Waals surface area contributed by atoms with Gasteiger partial charge in [0, 0.05) is 12.4 Å². The molecule has 0 aliphatic rings. The number of aliphatic carboxylic acids is 1. The molecule has 0 bridgehead atoms. The molecule has 0 spiro atoms. The molecule has 0 atom stereocenters. The van der Waals surface area contributed by atoms with Crippen molar-refractivity contribution in [3.05, 3.63) is 24.5 Å². The van der Waals surface area contributed by atoms with Crippen LogP contribution in [0, 0.1) is 5.41 Å². The van der Waals surface area contributed by atoms with Crippen molar-refractivity contribution in [2.75, 3.05) is 5.75 Å². The SMILES string of the molecule is CC(C)(CS(=O)(=O)c1ccncc1)C(=O)O. The van der Waals surface area contributed by atoms with E-state index in [1.54, 1.807) is 0 Å². The van der Waals surface area contributed by atoms with Crippen molar-refractivity contribution in [2.24, 2.45) is 5.41 Å². The summed E-state index contributed by atoms with van der Waals surface area (Å²) in [5.74, 6) is -1.57. The highest BCUT2D eigenvalue weighted by Gasteiger charge is 2.34. The summed E-state index contributed by atoms with van der Waals surface area (Å²) < 4.78 is 23.7. The summed E-state index contributed by atoms with van der Waals surface area (Å²) in [6.45, 7) is 2.77. The lowest BCUT2D eigenvalue weighted by Crippen LogP contribution is -2.32. The van der Waals surface area contributed by atoms with Gasteiger partial charge in [-0.05, 0) is 26.0 Å². The van der Waals surface area contributed by atoms with E-state index in [9.17, 15) is 13.2 Å². The van der Waals surface area contributed by atoms with E-state index in [-0.39, 0.29) is 4.90 Å². The van der Waals surface area contributed by atoms with E-state index in [1.807, 2.05) is 0 Å². The maximum atomic E-state index is 11.9. The Morgan fingerprint density at radius 3 is 2.31 bits per heavy atom. The van der Waals surface area contributed by atoms with Gasteiger partial charge >= 0.3 is 5.97 Å². The van der Waals surface area contributed by atoms with Gasteiger partial charge in [-0.15, -0.1) is 0 Å². The van der Waals surface area contributed by atoms with Crippen LogP contribution in [-0.2, 0) is 14.6 Å². The van der Waals surface area contributed by atoms with Crippen LogP contribution in [0.25, 0.3) is 0 Å². The van der Waals surface area contributed by atoms with Crippen LogP contribution < -0.4 is 0 Å². The van der Waals surface area contributed by atoms with E-state index < -0.39 is 27.0 Å². The lowest BCUT2D eigenvalue weighted by Gasteiger charge is -2.18. The summed E-state index contributed by atoms with van der Waals surface area (Å²) in [4.78, 5) is 14.7. The van der Waals surface area contributed by atoms with Gasteiger partial charge in [0.15, 0.2) is 9.84 Å². The van der Waals surface area contributed by atoms with Crippen molar-refractivity contribution >= 4 is 15.8 Å². The van der Waals surface area contributed by atoms with Crippen molar-refractivity contribution in [3.63, 3.8) is 0 Å². The summed E-state index contributed by atoms with van der Waals surface area (Å²) in [5.41, 5.74) is -1.30. The first-order valence-electron chi connectivity index (χ1n) is 4.62. The van der Waals surface area contributed by atoms with Gasteiger partial charge in [0.2, 0.25) is 0 Å². The minimum Gasteiger partial charge on any atom is -0.481 e. The van der Waals surface area contributed by atoms with Gasteiger partial charge in [-0.25, -0.2) is 8.42 Å². The van der Waals surface area contributed by atoms with E-state index in [2.05, 4.69) is 4.98 Å². The molecule has 5 nitrogen and oxygen atoms in total. The number of hydrogen-bond acceptors (Lipinski definition) is 4. The van der Waals surface area contributed by atoms with Crippen LogP contribution in [0.3, 0.4) is 0 Å². The number of sulfone groups is 1. The van der Waals surface area contributed by atoms with Gasteiger partial charge in [0.1, 0.15) is 0 Å². The van der Waals surface area contributed by atoms with Gasteiger partial charge in [0.05, 0.1) is 16.1 Å². The predicted octanol–water partition coefficient (Wildman–Crippen LogP) is 0.966. The first-order chi connectivity index (χ1) is 7.26. The zero-order valence-corrected chi connectivity index (χ0v) is 9.86. The number of hydrogen-bond donors (Lipinski definition) is 1. The molecule has 1 aromatic rings. The Kier molecular flexibility index (Phi) is 3.32. The van der Waals surface area contributed by atoms with Gasteiger partial charge in [-0.3, -0.25) is 9.78 Å². The van der Waals surface area contributed by atoms with Crippen molar-refractivity contribution in [1.29, 1.82) is 0 Å². The largest absolute Gasteiger partial charge is 0.481 e. The normalized spacial score (nSPS) is 12.4. The number of nitrogens with zero attached hydrogens (tertiary/aromatic N) is 1. The second-order valence-corrected chi connectivity index (χ2v) is 6.12. The van der Waals surface area contributed by atoms with Gasteiger partial charge in [-0.1, -0.05) is 0 Å². The summed E-state index contributed by atoms with van der Waals surface area (Å²) in [6, 6.07) is 2.71. The van der Waals surface area contributed by atoms with Gasteiger partial charge in [-0.2, -0.15) is 0 Å². The Labute approximate surface area is 94.1 Å². The highest BCUT2D eigenvalue weighted by atomic mass is 32.2. The molecule has 0 fully saturated rings. The molecule has 1 heterocycles. The predicted molar refractivity (Wildman–Crippen MR) is 57.7 cm³/mol. The molecular weight excluding hydrogens is 230 g/mol. The number of pyridine rings is 1. The molecule has 16 heavy (non-hydrogen) atoms. The number of carbonyl (C=O) groups is 1. The van der Waals surface area contributed by atoms with Crippen molar-refractivity contribution in [2.45, 2.75) is 18.7 Å². The second-order valence-electron chi connectivity index (χ2n) is 4.13. The summed E-state index contributed by atoms with van der Waals surface area (Å²) in [7, 11) is -3.58. The second kappa shape index (κ2) is 4.21. The maximum absolute atomic E-state index is 11.9. The Balaban J connectivity index is 3.03. The lowest BCUT2D eigenvalue weighted by atomic mass is 9.97. The van der Waals surface area contributed by atoms with E-state index in [4.69, 9.17) is 5.11 Å². The Morgan fingerprint density at radius 1 is 1.38 bits per heavy atom. The molecule has 0 radical (unpaired) electrons. The fraction of sp³-hybridized carbons (Fsp3) is 0.400. The highest BCUT2D eigenvalue weighted by Crippen LogP contribution is 2.22. The third-order valence-electron chi connectivity index (χ3n) is 2.14. The quantitative estimate of drug-likeness (QED) is 0.851. The average molecular weight is 243 g/mol. The third kappa shape index (κ3) is 2.79. The molecule has 0 aliphatic heterocycles. The molecule has 6 heteroatoms. The summed E-state index contributed by atoms with van der Waals surface area (Å²) in [5, 5.41) is 8.87. The van der Waals surface area contributed by atoms with E-state index in [1.165, 1.54) is 38.4 Å². The van der Waals surface area contributed by atoms with Crippen LogP contribution >= 0.6 is 0 Å². The fourth-order valence-corrected chi connectivity index (χ4v) is 2.94. The number of carboxylic acid groups (broad SMARTS) is 1. The molecule has 0 saturated carbocycles. The molecule has 1 rings (SSSR count). The number of carboxylic acids is 1. The van der Waals surface area contributed by atoms with Gasteiger partial charge in [0.25, 0.3) is 0 Å². The Hall–Kier alpha value is -1.43. The Morgan fingerprint density at radius 2 is 1.88 bits per heavy atom. The first kappa shape index (κ1) is 12.6. The van der Waals surface area contributed by atoms with Gasteiger partial charge < -0.3 is 5.11 Å². The minimum atomic E-state index is -3.58. The van der Waals surface area contributed by atoms with Crippen LogP contribution in [0.15, 0.2) is 29.4 Å². The molecule has 1 N–H and O–H groups in total. The zero-order valence-electron chi connectivity index (χ0n) is 9.04. The third-order valence-corrected chi connectivity index (χ3v) is 4.23. The highest BCUT2D eigenvalue weighted by molar-refractivity contribution is 7.91. The lowest BCUT2D eigenvalue weighted by molar-refractivity contribution is -0.145. The average Bonchev–Trinajstić information content (AvgIpc) is 2.17. The zero-order chi connectivity index (χ0) is 12.4. The van der Waals surface area contributed by atoms with Crippen molar-refractivity contribution in [1.82, 2.24) is 4.98 Å². The molecule has 1 aromatic heterocycles. The van der Waals surface area contributed by atoms with Crippen LogP contribution in [0.1, 0.15) is 13.8 Å².